The highest BCUT2D eigenvalue weighted by molar-refractivity contribution is 4.90. The molecule has 23 heavy (non-hydrogen) atoms. The molecule has 1 aliphatic rings. The van der Waals surface area contributed by atoms with Gasteiger partial charge in [-0.2, -0.15) is 5.10 Å². The van der Waals surface area contributed by atoms with E-state index < -0.39 is 0 Å². The quantitative estimate of drug-likeness (QED) is 0.842. The van der Waals surface area contributed by atoms with Gasteiger partial charge in [-0.1, -0.05) is 13.8 Å². The van der Waals surface area contributed by atoms with Crippen molar-refractivity contribution in [2.24, 2.45) is 5.92 Å². The number of aromatic nitrogens is 5. The first-order valence-electron chi connectivity index (χ1n) is 8.44. The molecule has 0 bridgehead atoms. The van der Waals surface area contributed by atoms with Crippen LogP contribution in [-0.4, -0.2) is 43.0 Å². The third-order valence-electron chi connectivity index (χ3n) is 4.33. The normalized spacial score (nSPS) is 19.6. The Bertz CT molecular complexity index is 647. The first kappa shape index (κ1) is 16.1. The molecule has 2 aromatic rings. The zero-order chi connectivity index (χ0) is 16.4. The Balaban J connectivity index is 1.58. The fraction of sp³-hybridized carbons (Fsp3) is 0.750. The maximum Gasteiger partial charge on any atom is 0.230 e. The van der Waals surface area contributed by atoms with Gasteiger partial charge in [0, 0.05) is 19.0 Å². The van der Waals surface area contributed by atoms with E-state index in [2.05, 4.69) is 39.0 Å². The fourth-order valence-corrected chi connectivity index (χ4v) is 3.18. The summed E-state index contributed by atoms with van der Waals surface area (Å²) in [7, 11) is 0. The second-order valence-electron chi connectivity index (χ2n) is 6.82. The SMILES string of the molecule is Cc1nc(C)n(C[C@H]2CCCN(Cc3nnc(C(C)C)o3)C2)n1. The Morgan fingerprint density at radius 1 is 1.26 bits per heavy atom. The summed E-state index contributed by atoms with van der Waals surface area (Å²) in [6.07, 6.45) is 2.43. The molecule has 0 unspecified atom stereocenters. The summed E-state index contributed by atoms with van der Waals surface area (Å²) in [4.78, 5) is 6.80. The Hall–Kier alpha value is -1.76. The molecule has 2 aromatic heterocycles. The molecular formula is C16H26N6O. The van der Waals surface area contributed by atoms with Gasteiger partial charge in [0.2, 0.25) is 11.8 Å². The average Bonchev–Trinajstić information content (AvgIpc) is 3.07. The van der Waals surface area contributed by atoms with Gasteiger partial charge in [-0.25, -0.2) is 9.67 Å². The number of piperidine rings is 1. The zero-order valence-corrected chi connectivity index (χ0v) is 14.5. The van der Waals surface area contributed by atoms with Gasteiger partial charge in [0.25, 0.3) is 0 Å². The van der Waals surface area contributed by atoms with Crippen LogP contribution >= 0.6 is 0 Å². The zero-order valence-electron chi connectivity index (χ0n) is 14.5. The average molecular weight is 318 g/mol. The predicted molar refractivity (Wildman–Crippen MR) is 85.9 cm³/mol. The van der Waals surface area contributed by atoms with Crippen LogP contribution in [0.1, 0.15) is 56.0 Å². The molecule has 0 N–H and O–H groups in total. The molecule has 1 fully saturated rings. The molecule has 1 saturated heterocycles. The van der Waals surface area contributed by atoms with Crippen molar-refractivity contribution < 1.29 is 4.42 Å². The van der Waals surface area contributed by atoms with Crippen LogP contribution in [0.15, 0.2) is 4.42 Å². The van der Waals surface area contributed by atoms with Crippen molar-refractivity contribution in [2.45, 2.75) is 59.5 Å². The molecule has 7 heteroatoms. The molecule has 0 radical (unpaired) electrons. The number of likely N-dealkylation sites (tertiary alicyclic amines) is 1. The second kappa shape index (κ2) is 6.78. The fourth-order valence-electron chi connectivity index (χ4n) is 3.18. The standard InChI is InChI=1S/C16H26N6O/c1-11(2)16-19-18-15(23-16)10-21-7-5-6-14(8-21)9-22-13(4)17-12(3)20-22/h11,14H,5-10H2,1-4H3/t14-/m0/s1. The van der Waals surface area contributed by atoms with Crippen LogP contribution in [0, 0.1) is 19.8 Å². The van der Waals surface area contributed by atoms with E-state index >= 15 is 0 Å². The maximum atomic E-state index is 5.73. The Kier molecular flexibility index (Phi) is 4.75. The summed E-state index contributed by atoms with van der Waals surface area (Å²) >= 11 is 0. The van der Waals surface area contributed by atoms with Gasteiger partial charge in [0.05, 0.1) is 6.54 Å². The van der Waals surface area contributed by atoms with Crippen LogP contribution in [0.2, 0.25) is 0 Å². The van der Waals surface area contributed by atoms with E-state index in [0.29, 0.717) is 5.92 Å². The lowest BCUT2D eigenvalue weighted by Gasteiger charge is -2.31. The van der Waals surface area contributed by atoms with E-state index in [1.165, 1.54) is 12.8 Å². The lowest BCUT2D eigenvalue weighted by Crippen LogP contribution is -2.37. The number of nitrogens with zero attached hydrogens (tertiary/aromatic N) is 6. The van der Waals surface area contributed by atoms with Gasteiger partial charge in [0.15, 0.2) is 0 Å². The van der Waals surface area contributed by atoms with Crippen LogP contribution in [0.3, 0.4) is 0 Å². The largest absolute Gasteiger partial charge is 0.424 e. The van der Waals surface area contributed by atoms with Gasteiger partial charge in [-0.05, 0) is 39.2 Å². The Morgan fingerprint density at radius 3 is 2.74 bits per heavy atom. The van der Waals surface area contributed by atoms with E-state index in [4.69, 9.17) is 4.42 Å². The maximum absolute atomic E-state index is 5.73. The van der Waals surface area contributed by atoms with E-state index in [0.717, 1.165) is 49.6 Å². The minimum atomic E-state index is 0.281. The molecule has 0 amide bonds. The Morgan fingerprint density at radius 2 is 2.09 bits per heavy atom. The van der Waals surface area contributed by atoms with Crippen LogP contribution in [0.25, 0.3) is 0 Å². The molecule has 126 valence electrons. The second-order valence-corrected chi connectivity index (χ2v) is 6.82. The molecule has 1 atom stereocenters. The predicted octanol–water partition coefficient (Wildman–Crippen LogP) is 2.31. The molecule has 0 spiro atoms. The molecule has 7 nitrogen and oxygen atoms in total. The number of rotatable bonds is 5. The van der Waals surface area contributed by atoms with E-state index in [9.17, 15) is 0 Å². The molecule has 3 rings (SSSR count). The number of hydrogen-bond acceptors (Lipinski definition) is 6. The third kappa shape index (κ3) is 3.96. The minimum absolute atomic E-state index is 0.281. The van der Waals surface area contributed by atoms with Crippen LogP contribution in [0.5, 0.6) is 0 Å². The molecule has 0 aliphatic carbocycles. The smallest absolute Gasteiger partial charge is 0.230 e. The topological polar surface area (TPSA) is 72.9 Å². The van der Waals surface area contributed by atoms with Crippen molar-refractivity contribution in [3.05, 3.63) is 23.4 Å². The highest BCUT2D eigenvalue weighted by atomic mass is 16.4. The van der Waals surface area contributed by atoms with Crippen molar-refractivity contribution in [1.29, 1.82) is 0 Å². The van der Waals surface area contributed by atoms with Crippen LogP contribution < -0.4 is 0 Å². The first-order chi connectivity index (χ1) is 11.0. The van der Waals surface area contributed by atoms with E-state index in [1.54, 1.807) is 0 Å². The van der Waals surface area contributed by atoms with Gasteiger partial charge < -0.3 is 4.42 Å². The van der Waals surface area contributed by atoms with Crippen molar-refractivity contribution in [2.75, 3.05) is 13.1 Å². The van der Waals surface area contributed by atoms with Crippen molar-refractivity contribution >= 4 is 0 Å². The molecular weight excluding hydrogens is 292 g/mol. The lowest BCUT2D eigenvalue weighted by molar-refractivity contribution is 0.140. The highest BCUT2D eigenvalue weighted by Gasteiger charge is 2.23. The number of aryl methyl sites for hydroxylation is 2. The number of hydrogen-bond donors (Lipinski definition) is 0. The van der Waals surface area contributed by atoms with Crippen LogP contribution in [0.4, 0.5) is 0 Å². The molecule has 0 saturated carbocycles. The summed E-state index contributed by atoms with van der Waals surface area (Å²) < 4.78 is 7.77. The lowest BCUT2D eigenvalue weighted by atomic mass is 9.98. The van der Waals surface area contributed by atoms with Gasteiger partial charge in [0.1, 0.15) is 11.6 Å². The third-order valence-corrected chi connectivity index (χ3v) is 4.33. The van der Waals surface area contributed by atoms with Crippen molar-refractivity contribution in [1.82, 2.24) is 29.9 Å². The summed E-state index contributed by atoms with van der Waals surface area (Å²) in [5, 5.41) is 12.8. The summed E-state index contributed by atoms with van der Waals surface area (Å²) in [6, 6.07) is 0. The van der Waals surface area contributed by atoms with E-state index in [-0.39, 0.29) is 5.92 Å². The molecule has 1 aliphatic heterocycles. The van der Waals surface area contributed by atoms with Gasteiger partial charge in [-0.15, -0.1) is 10.2 Å². The highest BCUT2D eigenvalue weighted by Crippen LogP contribution is 2.21. The summed E-state index contributed by atoms with van der Waals surface area (Å²) in [5.41, 5.74) is 0. The summed E-state index contributed by atoms with van der Waals surface area (Å²) in [6.45, 7) is 11.9. The molecule has 3 heterocycles. The van der Waals surface area contributed by atoms with Crippen molar-refractivity contribution in [3.8, 4) is 0 Å². The van der Waals surface area contributed by atoms with Gasteiger partial charge in [-0.3, -0.25) is 4.90 Å². The monoisotopic (exact) mass is 318 g/mol. The summed E-state index contributed by atoms with van der Waals surface area (Å²) in [5.74, 6) is 4.17. The molecule has 0 aromatic carbocycles. The van der Waals surface area contributed by atoms with Crippen LogP contribution in [-0.2, 0) is 13.1 Å². The van der Waals surface area contributed by atoms with E-state index in [1.807, 2.05) is 18.5 Å². The minimum Gasteiger partial charge on any atom is -0.424 e. The van der Waals surface area contributed by atoms with Gasteiger partial charge >= 0.3 is 0 Å². The Labute approximate surface area is 137 Å². The first-order valence-corrected chi connectivity index (χ1v) is 8.44. The van der Waals surface area contributed by atoms with Crippen molar-refractivity contribution in [3.63, 3.8) is 0 Å².